The summed E-state index contributed by atoms with van der Waals surface area (Å²) in [6.07, 6.45) is -0.0459. The standard InChI is InChI=1S/C9H15NO5/c11-5-3-9(7(12)13)2-1-4-10(6-9)8(14)15/h11H,1-6H2,(H,12,13)(H,14,15). The van der Waals surface area contributed by atoms with E-state index in [1.54, 1.807) is 0 Å². The van der Waals surface area contributed by atoms with Crippen molar-refractivity contribution in [2.75, 3.05) is 19.7 Å². The summed E-state index contributed by atoms with van der Waals surface area (Å²) in [6.45, 7) is 0.105. The van der Waals surface area contributed by atoms with Crippen molar-refractivity contribution >= 4 is 12.1 Å². The van der Waals surface area contributed by atoms with Gasteiger partial charge in [0.15, 0.2) is 0 Å². The van der Waals surface area contributed by atoms with E-state index >= 15 is 0 Å². The number of carboxylic acid groups (broad SMARTS) is 2. The van der Waals surface area contributed by atoms with Gasteiger partial charge in [0, 0.05) is 19.7 Å². The number of aliphatic carboxylic acids is 1. The summed E-state index contributed by atoms with van der Waals surface area (Å²) in [4.78, 5) is 22.9. The molecule has 1 amide bonds. The van der Waals surface area contributed by atoms with Gasteiger partial charge in [-0.25, -0.2) is 4.79 Å². The lowest BCUT2D eigenvalue weighted by atomic mass is 9.77. The molecule has 0 aliphatic carbocycles. The Bertz CT molecular complexity index is 263. The summed E-state index contributed by atoms with van der Waals surface area (Å²) in [5, 5.41) is 26.7. The van der Waals surface area contributed by atoms with E-state index in [-0.39, 0.29) is 19.6 Å². The van der Waals surface area contributed by atoms with Crippen LogP contribution in [0.5, 0.6) is 0 Å². The van der Waals surface area contributed by atoms with E-state index in [9.17, 15) is 9.59 Å². The molecule has 1 rings (SSSR count). The van der Waals surface area contributed by atoms with Crippen molar-refractivity contribution in [2.45, 2.75) is 19.3 Å². The molecule has 0 radical (unpaired) electrons. The molecule has 1 aliphatic heterocycles. The molecule has 1 atom stereocenters. The Morgan fingerprint density at radius 3 is 2.47 bits per heavy atom. The smallest absolute Gasteiger partial charge is 0.407 e. The van der Waals surface area contributed by atoms with E-state index in [2.05, 4.69) is 0 Å². The minimum absolute atomic E-state index is 0.0295. The van der Waals surface area contributed by atoms with Gasteiger partial charge in [-0.3, -0.25) is 4.79 Å². The van der Waals surface area contributed by atoms with Crippen molar-refractivity contribution < 1.29 is 24.9 Å². The van der Waals surface area contributed by atoms with Crippen LogP contribution < -0.4 is 0 Å². The first-order valence-corrected chi connectivity index (χ1v) is 4.84. The topological polar surface area (TPSA) is 98.1 Å². The highest BCUT2D eigenvalue weighted by Crippen LogP contribution is 2.33. The fourth-order valence-electron chi connectivity index (χ4n) is 1.99. The Morgan fingerprint density at radius 2 is 2.00 bits per heavy atom. The zero-order valence-corrected chi connectivity index (χ0v) is 8.35. The largest absolute Gasteiger partial charge is 0.481 e. The van der Waals surface area contributed by atoms with Crippen LogP contribution in [0, 0.1) is 5.41 Å². The average Bonchev–Trinajstić information content (AvgIpc) is 2.18. The molecular weight excluding hydrogens is 202 g/mol. The summed E-state index contributed by atoms with van der Waals surface area (Å²) in [5.41, 5.74) is -1.11. The second-order valence-corrected chi connectivity index (χ2v) is 3.87. The molecule has 1 aliphatic rings. The summed E-state index contributed by atoms with van der Waals surface area (Å²) >= 11 is 0. The number of carbonyl (C=O) groups is 2. The molecule has 3 N–H and O–H groups in total. The maximum absolute atomic E-state index is 11.1. The number of amides is 1. The van der Waals surface area contributed by atoms with Crippen molar-refractivity contribution in [3.05, 3.63) is 0 Å². The zero-order valence-electron chi connectivity index (χ0n) is 8.35. The lowest BCUT2D eigenvalue weighted by Crippen LogP contribution is -2.50. The van der Waals surface area contributed by atoms with Crippen LogP contribution in [0.15, 0.2) is 0 Å². The Kier molecular flexibility index (Phi) is 3.52. The normalized spacial score (nSPS) is 26.3. The number of nitrogens with zero attached hydrogens (tertiary/aromatic N) is 1. The number of likely N-dealkylation sites (tertiary alicyclic amines) is 1. The fraction of sp³-hybridized carbons (Fsp3) is 0.778. The third-order valence-electron chi connectivity index (χ3n) is 2.89. The number of piperidine rings is 1. The van der Waals surface area contributed by atoms with E-state index < -0.39 is 17.5 Å². The molecule has 1 heterocycles. The van der Waals surface area contributed by atoms with E-state index in [0.29, 0.717) is 19.4 Å². The lowest BCUT2D eigenvalue weighted by Gasteiger charge is -2.38. The van der Waals surface area contributed by atoms with E-state index in [1.165, 1.54) is 0 Å². The van der Waals surface area contributed by atoms with Crippen LogP contribution >= 0.6 is 0 Å². The van der Waals surface area contributed by atoms with Crippen LogP contribution in [-0.4, -0.2) is 52.0 Å². The summed E-state index contributed by atoms with van der Waals surface area (Å²) in [7, 11) is 0. The van der Waals surface area contributed by atoms with Gasteiger partial charge in [-0.2, -0.15) is 0 Å². The molecule has 0 aromatic heterocycles. The number of hydrogen-bond acceptors (Lipinski definition) is 3. The summed E-state index contributed by atoms with van der Waals surface area (Å²) in [5.74, 6) is -1.03. The third kappa shape index (κ3) is 2.38. The molecule has 1 fully saturated rings. The number of aliphatic hydroxyl groups is 1. The molecule has 0 bridgehead atoms. The molecule has 6 heteroatoms. The van der Waals surface area contributed by atoms with Crippen LogP contribution in [0.1, 0.15) is 19.3 Å². The van der Waals surface area contributed by atoms with Gasteiger partial charge in [-0.15, -0.1) is 0 Å². The summed E-state index contributed by atoms with van der Waals surface area (Å²) in [6, 6.07) is 0. The Hall–Kier alpha value is -1.30. The van der Waals surface area contributed by atoms with Gasteiger partial charge >= 0.3 is 12.1 Å². The molecule has 1 unspecified atom stereocenters. The second-order valence-electron chi connectivity index (χ2n) is 3.87. The van der Waals surface area contributed by atoms with Crippen molar-refractivity contribution in [1.29, 1.82) is 0 Å². The molecule has 86 valence electrons. The van der Waals surface area contributed by atoms with Crippen molar-refractivity contribution in [2.24, 2.45) is 5.41 Å². The lowest BCUT2D eigenvalue weighted by molar-refractivity contribution is -0.153. The molecule has 0 spiro atoms. The van der Waals surface area contributed by atoms with Crippen molar-refractivity contribution in [3.8, 4) is 0 Å². The molecule has 1 saturated heterocycles. The number of rotatable bonds is 3. The van der Waals surface area contributed by atoms with Crippen LogP contribution in [-0.2, 0) is 4.79 Å². The van der Waals surface area contributed by atoms with Gasteiger partial charge in [-0.05, 0) is 19.3 Å². The first-order valence-electron chi connectivity index (χ1n) is 4.84. The first-order chi connectivity index (χ1) is 7.02. The highest BCUT2D eigenvalue weighted by molar-refractivity contribution is 5.76. The average molecular weight is 217 g/mol. The number of hydrogen-bond donors (Lipinski definition) is 3. The van der Waals surface area contributed by atoms with Gasteiger partial charge < -0.3 is 20.2 Å². The van der Waals surface area contributed by atoms with Crippen LogP contribution in [0.25, 0.3) is 0 Å². The molecule has 0 aromatic carbocycles. The van der Waals surface area contributed by atoms with E-state index in [4.69, 9.17) is 15.3 Å². The molecule has 0 aromatic rings. The van der Waals surface area contributed by atoms with E-state index in [0.717, 1.165) is 4.90 Å². The number of carboxylic acids is 1. The monoisotopic (exact) mass is 217 g/mol. The zero-order chi connectivity index (χ0) is 11.5. The number of aliphatic hydroxyl groups excluding tert-OH is 1. The van der Waals surface area contributed by atoms with Crippen molar-refractivity contribution in [3.63, 3.8) is 0 Å². The predicted octanol–water partition coefficient (Wildman–Crippen LogP) is 0.214. The van der Waals surface area contributed by atoms with Gasteiger partial charge in [0.2, 0.25) is 0 Å². The van der Waals surface area contributed by atoms with Gasteiger partial charge in [0.05, 0.1) is 5.41 Å². The van der Waals surface area contributed by atoms with Gasteiger partial charge in [0.1, 0.15) is 0 Å². The highest BCUT2D eigenvalue weighted by atomic mass is 16.4. The fourth-order valence-corrected chi connectivity index (χ4v) is 1.99. The van der Waals surface area contributed by atoms with Crippen LogP contribution in [0.4, 0.5) is 4.79 Å². The maximum atomic E-state index is 11.1. The van der Waals surface area contributed by atoms with Gasteiger partial charge in [-0.1, -0.05) is 0 Å². The highest BCUT2D eigenvalue weighted by Gasteiger charge is 2.43. The second kappa shape index (κ2) is 4.48. The van der Waals surface area contributed by atoms with Crippen LogP contribution in [0.2, 0.25) is 0 Å². The maximum Gasteiger partial charge on any atom is 0.407 e. The minimum Gasteiger partial charge on any atom is -0.481 e. The minimum atomic E-state index is -1.11. The van der Waals surface area contributed by atoms with E-state index in [1.807, 2.05) is 0 Å². The first kappa shape index (κ1) is 11.8. The molecule has 0 saturated carbocycles. The molecular formula is C9H15NO5. The van der Waals surface area contributed by atoms with Crippen LogP contribution in [0.3, 0.4) is 0 Å². The SMILES string of the molecule is O=C(O)N1CCCC(CCO)(C(=O)O)C1. The molecule has 6 nitrogen and oxygen atoms in total. The third-order valence-corrected chi connectivity index (χ3v) is 2.89. The van der Waals surface area contributed by atoms with Crippen molar-refractivity contribution in [1.82, 2.24) is 4.90 Å². The quantitative estimate of drug-likeness (QED) is 0.627. The summed E-state index contributed by atoms with van der Waals surface area (Å²) < 4.78 is 0. The predicted molar refractivity (Wildman–Crippen MR) is 50.6 cm³/mol. The Balaban J connectivity index is 2.79. The Morgan fingerprint density at radius 1 is 1.33 bits per heavy atom. The molecule has 15 heavy (non-hydrogen) atoms. The van der Waals surface area contributed by atoms with Gasteiger partial charge in [0.25, 0.3) is 0 Å². The Labute approximate surface area is 87.1 Å².